The standard InChI is InChI=1S/C13H13N5O2/c1-8-12(18(19)20)13(16(3)15-8)17-9(2)14-10-6-4-5-7-11(10)17/h4-7H,1-3H3. The maximum absolute atomic E-state index is 11.3. The van der Waals surface area contributed by atoms with Crippen LogP contribution in [0.2, 0.25) is 0 Å². The highest BCUT2D eigenvalue weighted by atomic mass is 16.6. The molecule has 20 heavy (non-hydrogen) atoms. The molecule has 0 saturated carbocycles. The molecule has 0 aliphatic heterocycles. The Kier molecular flexibility index (Phi) is 2.56. The van der Waals surface area contributed by atoms with Gasteiger partial charge in [-0.3, -0.25) is 14.7 Å². The predicted octanol–water partition coefficient (Wildman–Crippen LogP) is 2.28. The van der Waals surface area contributed by atoms with Crippen molar-refractivity contribution in [3.8, 4) is 5.82 Å². The summed E-state index contributed by atoms with van der Waals surface area (Å²) in [6.07, 6.45) is 0. The minimum absolute atomic E-state index is 0.0127. The molecular formula is C13H13N5O2. The minimum atomic E-state index is -0.397. The second-order valence-electron chi connectivity index (χ2n) is 4.62. The lowest BCUT2D eigenvalue weighted by atomic mass is 10.3. The van der Waals surface area contributed by atoms with Crippen molar-refractivity contribution in [2.45, 2.75) is 13.8 Å². The number of nitrogens with zero attached hydrogens (tertiary/aromatic N) is 5. The summed E-state index contributed by atoms with van der Waals surface area (Å²) in [6, 6.07) is 7.55. The first-order valence-corrected chi connectivity index (χ1v) is 6.13. The van der Waals surface area contributed by atoms with Crippen molar-refractivity contribution in [3.05, 3.63) is 45.9 Å². The fraction of sp³-hybridized carbons (Fsp3) is 0.231. The molecule has 0 amide bonds. The number of aromatic nitrogens is 4. The summed E-state index contributed by atoms with van der Waals surface area (Å²) in [5.74, 6) is 1.12. The van der Waals surface area contributed by atoms with Crippen LogP contribution in [0.4, 0.5) is 5.69 Å². The molecule has 0 saturated heterocycles. The van der Waals surface area contributed by atoms with Crippen LogP contribution in [0.25, 0.3) is 16.9 Å². The molecule has 102 valence electrons. The number of para-hydroxylation sites is 2. The molecule has 7 heteroatoms. The highest BCUT2D eigenvalue weighted by Crippen LogP contribution is 2.30. The molecular weight excluding hydrogens is 258 g/mol. The molecule has 3 aromatic rings. The Balaban J connectivity index is 2.43. The Labute approximate surface area is 114 Å². The van der Waals surface area contributed by atoms with Gasteiger partial charge in [0.25, 0.3) is 0 Å². The molecule has 1 aromatic carbocycles. The Bertz CT molecular complexity index is 831. The Morgan fingerprint density at radius 3 is 2.65 bits per heavy atom. The van der Waals surface area contributed by atoms with Crippen molar-refractivity contribution in [1.29, 1.82) is 0 Å². The van der Waals surface area contributed by atoms with Gasteiger partial charge >= 0.3 is 5.69 Å². The van der Waals surface area contributed by atoms with Crippen LogP contribution in [0.15, 0.2) is 24.3 Å². The van der Waals surface area contributed by atoms with Crippen molar-refractivity contribution < 1.29 is 4.92 Å². The first-order valence-electron chi connectivity index (χ1n) is 6.13. The lowest BCUT2D eigenvalue weighted by Crippen LogP contribution is -2.06. The number of imidazole rings is 1. The molecule has 0 radical (unpaired) electrons. The first-order chi connectivity index (χ1) is 9.50. The van der Waals surface area contributed by atoms with Gasteiger partial charge in [-0.05, 0) is 26.0 Å². The quantitative estimate of drug-likeness (QED) is 0.529. The van der Waals surface area contributed by atoms with E-state index in [1.807, 2.05) is 31.2 Å². The van der Waals surface area contributed by atoms with Crippen LogP contribution in [0.5, 0.6) is 0 Å². The minimum Gasteiger partial charge on any atom is -0.275 e. The highest BCUT2D eigenvalue weighted by molar-refractivity contribution is 5.79. The van der Waals surface area contributed by atoms with E-state index in [-0.39, 0.29) is 5.69 Å². The van der Waals surface area contributed by atoms with Crippen molar-refractivity contribution in [1.82, 2.24) is 19.3 Å². The summed E-state index contributed by atoms with van der Waals surface area (Å²) in [4.78, 5) is 15.4. The maximum Gasteiger partial charge on any atom is 0.334 e. The number of hydrogen-bond donors (Lipinski definition) is 0. The second-order valence-corrected chi connectivity index (χ2v) is 4.62. The number of rotatable bonds is 2. The highest BCUT2D eigenvalue weighted by Gasteiger charge is 2.27. The van der Waals surface area contributed by atoms with E-state index in [1.54, 1.807) is 18.5 Å². The molecule has 0 bridgehead atoms. The van der Waals surface area contributed by atoms with Crippen molar-refractivity contribution in [2.75, 3.05) is 0 Å². The number of hydrogen-bond acceptors (Lipinski definition) is 4. The van der Waals surface area contributed by atoms with Crippen molar-refractivity contribution in [2.24, 2.45) is 7.05 Å². The summed E-state index contributed by atoms with van der Waals surface area (Å²) >= 11 is 0. The van der Waals surface area contributed by atoms with Gasteiger partial charge in [0.05, 0.1) is 16.0 Å². The molecule has 0 fully saturated rings. The number of nitro groups is 1. The van der Waals surface area contributed by atoms with Gasteiger partial charge in [-0.15, -0.1) is 0 Å². The smallest absolute Gasteiger partial charge is 0.275 e. The van der Waals surface area contributed by atoms with Gasteiger partial charge in [-0.1, -0.05) is 12.1 Å². The zero-order chi connectivity index (χ0) is 14.4. The zero-order valence-electron chi connectivity index (χ0n) is 11.4. The lowest BCUT2D eigenvalue weighted by Gasteiger charge is -2.06. The molecule has 0 aliphatic carbocycles. The molecule has 0 N–H and O–H groups in total. The first kappa shape index (κ1) is 12.3. The van der Waals surface area contributed by atoms with Crippen LogP contribution >= 0.6 is 0 Å². The Morgan fingerprint density at radius 1 is 1.25 bits per heavy atom. The number of fused-ring (bicyclic) bond motifs is 1. The largest absolute Gasteiger partial charge is 0.334 e. The van der Waals surface area contributed by atoms with E-state index in [2.05, 4.69) is 10.1 Å². The average Bonchev–Trinajstić information content (AvgIpc) is 2.84. The van der Waals surface area contributed by atoms with Gasteiger partial charge in [0.1, 0.15) is 11.5 Å². The zero-order valence-corrected chi connectivity index (χ0v) is 11.4. The summed E-state index contributed by atoms with van der Waals surface area (Å²) in [5.41, 5.74) is 2.04. The maximum atomic E-state index is 11.3. The van der Waals surface area contributed by atoms with E-state index in [1.165, 1.54) is 4.68 Å². The molecule has 0 unspecified atom stereocenters. The van der Waals surface area contributed by atoms with E-state index in [4.69, 9.17) is 0 Å². The van der Waals surface area contributed by atoms with Crippen LogP contribution < -0.4 is 0 Å². The molecule has 0 spiro atoms. The van der Waals surface area contributed by atoms with Gasteiger partial charge < -0.3 is 0 Å². The van der Waals surface area contributed by atoms with Gasteiger partial charge in [-0.2, -0.15) is 5.10 Å². The lowest BCUT2D eigenvalue weighted by molar-refractivity contribution is -0.385. The normalized spacial score (nSPS) is 11.2. The van der Waals surface area contributed by atoms with Crippen LogP contribution in [0.3, 0.4) is 0 Å². The van der Waals surface area contributed by atoms with E-state index >= 15 is 0 Å². The Hall–Kier alpha value is -2.70. The topological polar surface area (TPSA) is 78.8 Å². The van der Waals surface area contributed by atoms with Crippen molar-refractivity contribution >= 4 is 16.7 Å². The summed E-state index contributed by atoms with van der Waals surface area (Å²) < 4.78 is 3.29. The van der Waals surface area contributed by atoms with Crippen LogP contribution in [-0.4, -0.2) is 24.3 Å². The second kappa shape index (κ2) is 4.16. The van der Waals surface area contributed by atoms with Crippen LogP contribution in [0, 0.1) is 24.0 Å². The van der Waals surface area contributed by atoms with Gasteiger partial charge in [-0.25, -0.2) is 9.67 Å². The number of benzene rings is 1. The third-order valence-electron chi connectivity index (χ3n) is 3.28. The fourth-order valence-electron chi connectivity index (χ4n) is 2.51. The molecule has 0 atom stereocenters. The summed E-state index contributed by atoms with van der Waals surface area (Å²) in [6.45, 7) is 3.46. The van der Waals surface area contributed by atoms with E-state index in [9.17, 15) is 10.1 Å². The van der Waals surface area contributed by atoms with E-state index < -0.39 is 4.92 Å². The SMILES string of the molecule is Cc1nn(C)c(-n2c(C)nc3ccccc32)c1[N+](=O)[O-]. The third kappa shape index (κ3) is 1.59. The monoisotopic (exact) mass is 271 g/mol. The van der Waals surface area contributed by atoms with Crippen LogP contribution in [0.1, 0.15) is 11.5 Å². The molecule has 2 aromatic heterocycles. The third-order valence-corrected chi connectivity index (χ3v) is 3.28. The van der Waals surface area contributed by atoms with Gasteiger partial charge in [0.2, 0.25) is 5.82 Å². The molecule has 2 heterocycles. The summed E-state index contributed by atoms with van der Waals surface area (Å²) in [5, 5.41) is 15.5. The van der Waals surface area contributed by atoms with Crippen molar-refractivity contribution in [3.63, 3.8) is 0 Å². The Morgan fingerprint density at radius 2 is 1.95 bits per heavy atom. The van der Waals surface area contributed by atoms with Gasteiger partial charge in [0, 0.05) is 7.05 Å². The average molecular weight is 271 g/mol. The molecule has 0 aliphatic rings. The summed E-state index contributed by atoms with van der Waals surface area (Å²) in [7, 11) is 1.70. The fourth-order valence-corrected chi connectivity index (χ4v) is 2.51. The number of aryl methyl sites for hydroxylation is 3. The van der Waals surface area contributed by atoms with Crippen LogP contribution in [-0.2, 0) is 7.05 Å². The van der Waals surface area contributed by atoms with Gasteiger partial charge in [0.15, 0.2) is 0 Å². The molecule has 7 nitrogen and oxygen atoms in total. The predicted molar refractivity (Wildman–Crippen MR) is 74.0 cm³/mol. The van der Waals surface area contributed by atoms with E-state index in [0.717, 1.165) is 11.0 Å². The molecule has 3 rings (SSSR count). The van der Waals surface area contributed by atoms with E-state index in [0.29, 0.717) is 17.3 Å².